The number of carbonyl (C=O) groups is 2. The van der Waals surface area contributed by atoms with Crippen molar-refractivity contribution in [1.29, 1.82) is 0 Å². The number of allylic oxidation sites excluding steroid dienone is 2. The average Bonchev–Trinajstić information content (AvgIpc) is 3.04. The minimum Gasteiger partial charge on any atom is -0.481 e. The van der Waals surface area contributed by atoms with E-state index in [4.69, 9.17) is 9.84 Å². The lowest BCUT2D eigenvalue weighted by molar-refractivity contribution is -0.155. The van der Waals surface area contributed by atoms with Crippen LogP contribution >= 0.6 is 0 Å². The summed E-state index contributed by atoms with van der Waals surface area (Å²) in [5.41, 5.74) is 0.820. The molecule has 0 aromatic heterocycles. The van der Waals surface area contributed by atoms with Crippen molar-refractivity contribution in [2.45, 2.75) is 108 Å². The van der Waals surface area contributed by atoms with Gasteiger partial charge in [0.25, 0.3) is 0 Å². The maximum Gasteiger partial charge on any atom is 0.316 e. The Morgan fingerprint density at radius 1 is 1.03 bits per heavy atom. The summed E-state index contributed by atoms with van der Waals surface area (Å²) in [6.45, 7) is 2.00. The zero-order valence-corrected chi connectivity index (χ0v) is 21.6. The van der Waals surface area contributed by atoms with E-state index in [-0.39, 0.29) is 18.7 Å². The van der Waals surface area contributed by atoms with Gasteiger partial charge in [-0.1, -0.05) is 68.7 Å². The molecular formula is C29H45NO5. The molecule has 2 bridgehead atoms. The Morgan fingerprint density at radius 3 is 2.23 bits per heavy atom. The van der Waals surface area contributed by atoms with Crippen LogP contribution in [0.5, 0.6) is 0 Å². The smallest absolute Gasteiger partial charge is 0.316 e. The van der Waals surface area contributed by atoms with Crippen LogP contribution in [0.25, 0.3) is 0 Å². The zero-order chi connectivity index (χ0) is 25.5. The predicted octanol–water partition coefficient (Wildman–Crippen LogP) is 5.70. The third-order valence-electron chi connectivity index (χ3n) is 7.16. The maximum absolute atomic E-state index is 12.4. The van der Waals surface area contributed by atoms with Crippen LogP contribution in [0.4, 0.5) is 0 Å². The largest absolute Gasteiger partial charge is 0.481 e. The van der Waals surface area contributed by atoms with E-state index in [0.717, 1.165) is 37.7 Å². The van der Waals surface area contributed by atoms with E-state index >= 15 is 0 Å². The third kappa shape index (κ3) is 10.5. The first kappa shape index (κ1) is 29.1. The molecule has 3 rings (SSSR count). The molecule has 3 unspecified atom stereocenters. The number of benzene rings is 1. The number of fused-ring (bicyclic) bond motifs is 2. The van der Waals surface area contributed by atoms with Crippen molar-refractivity contribution >= 4 is 11.9 Å². The van der Waals surface area contributed by atoms with Crippen molar-refractivity contribution in [3.05, 3.63) is 48.0 Å². The normalized spacial score (nSPS) is 22.4. The van der Waals surface area contributed by atoms with Gasteiger partial charge in [0.15, 0.2) is 0 Å². The number of ether oxygens (including phenoxy) is 1. The Bertz CT molecular complexity index is 752. The molecule has 2 N–H and O–H groups in total. The Morgan fingerprint density at radius 2 is 1.66 bits per heavy atom. The Balaban J connectivity index is 0.000000271. The van der Waals surface area contributed by atoms with Crippen molar-refractivity contribution in [3.8, 4) is 0 Å². The van der Waals surface area contributed by atoms with Gasteiger partial charge in [0.1, 0.15) is 12.0 Å². The number of aliphatic carboxylic acids is 1. The van der Waals surface area contributed by atoms with Crippen LogP contribution in [0.2, 0.25) is 0 Å². The predicted molar refractivity (Wildman–Crippen MR) is 139 cm³/mol. The van der Waals surface area contributed by atoms with E-state index in [0.29, 0.717) is 18.5 Å². The first-order chi connectivity index (χ1) is 17.0. The number of carboxylic acid groups (broad SMARTS) is 1. The summed E-state index contributed by atoms with van der Waals surface area (Å²) >= 11 is 0. The molecule has 1 aromatic rings. The Kier molecular flexibility index (Phi) is 13.7. The molecule has 0 saturated carbocycles. The molecule has 6 nitrogen and oxygen atoms in total. The molecule has 0 amide bonds. The van der Waals surface area contributed by atoms with E-state index < -0.39 is 11.9 Å². The average molecular weight is 488 g/mol. The highest BCUT2D eigenvalue weighted by atomic mass is 16.5. The second-order valence-corrected chi connectivity index (χ2v) is 9.83. The molecule has 1 aromatic carbocycles. The van der Waals surface area contributed by atoms with Gasteiger partial charge in [-0.05, 0) is 64.0 Å². The molecule has 3 atom stereocenters. The van der Waals surface area contributed by atoms with Crippen molar-refractivity contribution in [2.75, 3.05) is 13.7 Å². The number of nitrogens with zero attached hydrogens (tertiary/aromatic N) is 1. The summed E-state index contributed by atoms with van der Waals surface area (Å²) in [5, 5.41) is 17.9. The Labute approximate surface area is 211 Å². The number of aliphatic hydroxyl groups is 1. The number of piperidine rings is 1. The number of hydrogen-bond acceptors (Lipinski definition) is 5. The molecule has 2 heterocycles. The van der Waals surface area contributed by atoms with E-state index in [9.17, 15) is 14.7 Å². The van der Waals surface area contributed by atoms with Gasteiger partial charge >= 0.3 is 11.9 Å². The van der Waals surface area contributed by atoms with Crippen molar-refractivity contribution in [1.82, 2.24) is 4.90 Å². The first-order valence-electron chi connectivity index (χ1n) is 13.4. The fourth-order valence-corrected chi connectivity index (χ4v) is 5.00. The van der Waals surface area contributed by atoms with Crippen LogP contribution in [0, 0.1) is 0 Å². The minimum absolute atomic E-state index is 0.00367. The standard InChI is InChI=1S/C17H23NO3.C12H22O2/c1-18-13-7-8-14(18)10-15(9-13)21-17(20)16(11-19)12-5-3-2-4-6-12;1-2-3-4-5-6-7-8-9-10-11-12(13)14/h2-6,13-16,19H,7-11H2,1H3;7-8H,2-6,9-11H2,1H3,(H,13,14). The van der Waals surface area contributed by atoms with Crippen LogP contribution < -0.4 is 0 Å². The third-order valence-corrected chi connectivity index (χ3v) is 7.16. The quantitative estimate of drug-likeness (QED) is 0.211. The molecule has 35 heavy (non-hydrogen) atoms. The lowest BCUT2D eigenvalue weighted by Crippen LogP contribution is -2.43. The molecule has 2 fully saturated rings. The summed E-state index contributed by atoms with van der Waals surface area (Å²) in [5.74, 6) is -1.55. The summed E-state index contributed by atoms with van der Waals surface area (Å²) < 4.78 is 5.70. The van der Waals surface area contributed by atoms with E-state index in [2.05, 4.69) is 31.0 Å². The van der Waals surface area contributed by atoms with Gasteiger partial charge in [-0.3, -0.25) is 9.59 Å². The van der Waals surface area contributed by atoms with E-state index in [1.54, 1.807) is 0 Å². The second kappa shape index (κ2) is 16.5. The van der Waals surface area contributed by atoms with Gasteiger partial charge < -0.3 is 19.8 Å². The molecule has 6 heteroatoms. The van der Waals surface area contributed by atoms with Gasteiger partial charge in [-0.25, -0.2) is 0 Å². The Hall–Kier alpha value is -2.18. The topological polar surface area (TPSA) is 87.1 Å². The van der Waals surface area contributed by atoms with Crippen LogP contribution in [0.1, 0.15) is 95.5 Å². The molecule has 0 radical (unpaired) electrons. The molecule has 2 aliphatic heterocycles. The maximum atomic E-state index is 12.4. The summed E-state index contributed by atoms with van der Waals surface area (Å²) in [6, 6.07) is 10.5. The van der Waals surface area contributed by atoms with Gasteiger partial charge in [0.2, 0.25) is 0 Å². The molecule has 0 spiro atoms. The van der Waals surface area contributed by atoms with Crippen LogP contribution in [0.15, 0.2) is 42.5 Å². The number of hydrogen-bond donors (Lipinski definition) is 2. The molecule has 196 valence electrons. The number of unbranched alkanes of at least 4 members (excludes halogenated alkanes) is 5. The van der Waals surface area contributed by atoms with Crippen LogP contribution in [-0.2, 0) is 14.3 Å². The number of aliphatic hydroxyl groups excluding tert-OH is 1. The lowest BCUT2D eigenvalue weighted by atomic mass is 9.98. The second-order valence-electron chi connectivity index (χ2n) is 9.83. The van der Waals surface area contributed by atoms with Crippen molar-refractivity contribution < 1.29 is 24.5 Å². The molecular weight excluding hydrogens is 442 g/mol. The first-order valence-corrected chi connectivity index (χ1v) is 13.4. The number of rotatable bonds is 13. The van der Waals surface area contributed by atoms with E-state index in [1.807, 2.05) is 30.3 Å². The zero-order valence-electron chi connectivity index (χ0n) is 21.6. The van der Waals surface area contributed by atoms with Crippen LogP contribution in [0.3, 0.4) is 0 Å². The van der Waals surface area contributed by atoms with Gasteiger partial charge in [0.05, 0.1) is 6.61 Å². The van der Waals surface area contributed by atoms with Crippen molar-refractivity contribution in [2.24, 2.45) is 0 Å². The molecule has 0 aliphatic carbocycles. The molecule has 2 aliphatic rings. The SMILES string of the molecule is CCCCCCC=CCCCC(=O)O.CN1C2CCC1CC(OC(=O)C(CO)c1ccccc1)C2. The van der Waals surface area contributed by atoms with Crippen molar-refractivity contribution in [3.63, 3.8) is 0 Å². The molecule has 2 saturated heterocycles. The van der Waals surface area contributed by atoms with Gasteiger partial charge in [-0.15, -0.1) is 0 Å². The van der Waals surface area contributed by atoms with Gasteiger partial charge in [0, 0.05) is 18.5 Å². The summed E-state index contributed by atoms with van der Waals surface area (Å²) in [7, 11) is 2.17. The van der Waals surface area contributed by atoms with Crippen LogP contribution in [-0.4, -0.2) is 58.9 Å². The highest BCUT2D eigenvalue weighted by Gasteiger charge is 2.40. The summed E-state index contributed by atoms with van der Waals surface area (Å²) in [4.78, 5) is 25.0. The number of carboxylic acids is 1. The number of carbonyl (C=O) groups excluding carboxylic acids is 1. The number of esters is 1. The summed E-state index contributed by atoms with van der Waals surface area (Å²) in [6.07, 6.45) is 16.8. The monoisotopic (exact) mass is 487 g/mol. The van der Waals surface area contributed by atoms with Gasteiger partial charge in [-0.2, -0.15) is 0 Å². The fourth-order valence-electron chi connectivity index (χ4n) is 5.00. The highest BCUT2D eigenvalue weighted by molar-refractivity contribution is 5.78. The highest BCUT2D eigenvalue weighted by Crippen LogP contribution is 2.36. The lowest BCUT2D eigenvalue weighted by Gasteiger charge is -2.36. The van der Waals surface area contributed by atoms with E-state index in [1.165, 1.54) is 38.5 Å². The fraction of sp³-hybridized carbons (Fsp3) is 0.655. The minimum atomic E-state index is -0.693.